The number of carbonyl (C=O) groups excluding carboxylic acids is 2. The Morgan fingerprint density at radius 2 is 1.95 bits per heavy atom. The van der Waals surface area contributed by atoms with Crippen LogP contribution >= 0.6 is 12.9 Å². The Labute approximate surface area is 128 Å². The van der Waals surface area contributed by atoms with Crippen LogP contribution in [-0.2, 0) is 15.4 Å². The molecule has 0 aromatic heterocycles. The van der Waals surface area contributed by atoms with E-state index in [0.717, 1.165) is 11.1 Å². The Balaban J connectivity index is 2.55. The first-order valence-corrected chi connectivity index (χ1v) is 6.76. The average molecular weight is 301 g/mol. The van der Waals surface area contributed by atoms with Gasteiger partial charge in [0, 0.05) is 25.0 Å². The van der Waals surface area contributed by atoms with Crippen molar-refractivity contribution < 1.29 is 13.8 Å². The van der Waals surface area contributed by atoms with E-state index in [-0.39, 0.29) is 0 Å². The van der Waals surface area contributed by atoms with Crippen LogP contribution < -0.4 is 5.32 Å². The molecule has 0 aliphatic heterocycles. The van der Waals surface area contributed by atoms with Crippen molar-refractivity contribution in [1.29, 1.82) is 0 Å². The van der Waals surface area contributed by atoms with E-state index in [9.17, 15) is 9.59 Å². The molecule has 0 aliphatic carbocycles. The van der Waals surface area contributed by atoms with Gasteiger partial charge in [-0.3, -0.25) is 4.79 Å². The van der Waals surface area contributed by atoms with E-state index in [0.29, 0.717) is 29.6 Å². The maximum atomic E-state index is 11.9. The fraction of sp³-hybridized carbons (Fsp3) is 0.125. The molecule has 0 saturated carbocycles. The SMILES string of the molecule is Cc1ccc(C(=O)OS)c(Cc2ccccc2)c1NC=O. The molecule has 5 heteroatoms. The summed E-state index contributed by atoms with van der Waals surface area (Å²) in [7, 11) is 0. The van der Waals surface area contributed by atoms with Gasteiger partial charge in [-0.1, -0.05) is 36.4 Å². The molecule has 0 radical (unpaired) electrons. The fourth-order valence-electron chi connectivity index (χ4n) is 2.25. The number of rotatable bonds is 5. The van der Waals surface area contributed by atoms with Crippen molar-refractivity contribution >= 4 is 31.0 Å². The molecule has 0 fully saturated rings. The second kappa shape index (κ2) is 6.95. The third-order valence-corrected chi connectivity index (χ3v) is 3.42. The van der Waals surface area contributed by atoms with Gasteiger partial charge in [-0.15, -0.1) is 0 Å². The maximum absolute atomic E-state index is 11.9. The number of hydrogen-bond donors (Lipinski definition) is 2. The molecule has 108 valence electrons. The third kappa shape index (κ3) is 3.44. The van der Waals surface area contributed by atoms with E-state index in [1.807, 2.05) is 37.3 Å². The highest BCUT2D eigenvalue weighted by Gasteiger charge is 2.18. The number of carbonyl (C=O) groups is 2. The van der Waals surface area contributed by atoms with Crippen LogP contribution in [0, 0.1) is 6.92 Å². The van der Waals surface area contributed by atoms with Gasteiger partial charge < -0.3 is 9.50 Å². The van der Waals surface area contributed by atoms with Crippen molar-refractivity contribution in [2.45, 2.75) is 13.3 Å². The third-order valence-electron chi connectivity index (χ3n) is 3.25. The summed E-state index contributed by atoms with van der Waals surface area (Å²) >= 11 is 3.57. The largest absolute Gasteiger partial charge is 0.391 e. The molecule has 4 nitrogen and oxygen atoms in total. The number of nitrogens with one attached hydrogen (secondary N) is 1. The summed E-state index contributed by atoms with van der Waals surface area (Å²) in [6.07, 6.45) is 1.11. The first-order valence-electron chi connectivity index (χ1n) is 6.39. The molecule has 0 bridgehead atoms. The van der Waals surface area contributed by atoms with Crippen molar-refractivity contribution in [2.75, 3.05) is 5.32 Å². The van der Waals surface area contributed by atoms with Gasteiger partial charge in [0.25, 0.3) is 0 Å². The topological polar surface area (TPSA) is 55.4 Å². The number of benzene rings is 2. The smallest absolute Gasteiger partial charge is 0.350 e. The molecule has 2 aromatic rings. The minimum atomic E-state index is -0.543. The van der Waals surface area contributed by atoms with E-state index in [1.165, 1.54) is 0 Å². The molecule has 0 atom stereocenters. The normalized spacial score (nSPS) is 10.0. The molecule has 0 aliphatic rings. The van der Waals surface area contributed by atoms with Crippen LogP contribution in [-0.4, -0.2) is 12.4 Å². The lowest BCUT2D eigenvalue weighted by Crippen LogP contribution is -2.10. The minimum Gasteiger partial charge on any atom is -0.391 e. The monoisotopic (exact) mass is 301 g/mol. The molecule has 0 spiro atoms. The Morgan fingerprint density at radius 1 is 1.24 bits per heavy atom. The summed E-state index contributed by atoms with van der Waals surface area (Å²) in [6.45, 7) is 1.87. The van der Waals surface area contributed by atoms with E-state index in [1.54, 1.807) is 12.1 Å². The first-order chi connectivity index (χ1) is 10.2. The molecule has 21 heavy (non-hydrogen) atoms. The highest BCUT2D eigenvalue weighted by Crippen LogP contribution is 2.27. The summed E-state index contributed by atoms with van der Waals surface area (Å²) < 4.78 is 4.53. The molecule has 0 heterocycles. The van der Waals surface area contributed by atoms with Crippen molar-refractivity contribution in [3.63, 3.8) is 0 Å². The van der Waals surface area contributed by atoms with Gasteiger partial charge in [0.2, 0.25) is 6.41 Å². The average Bonchev–Trinajstić information content (AvgIpc) is 2.51. The predicted octanol–water partition coefficient (Wildman–Crippen LogP) is 3.16. The zero-order valence-corrected chi connectivity index (χ0v) is 12.4. The Hall–Kier alpha value is -2.27. The second-order valence-corrected chi connectivity index (χ2v) is 4.77. The summed E-state index contributed by atoms with van der Waals surface area (Å²) in [5, 5.41) is 2.67. The lowest BCUT2D eigenvalue weighted by Gasteiger charge is -2.15. The maximum Gasteiger partial charge on any atom is 0.350 e. The first kappa shape index (κ1) is 15.1. The number of amides is 1. The van der Waals surface area contributed by atoms with Gasteiger partial charge in [0.05, 0.1) is 5.56 Å². The van der Waals surface area contributed by atoms with Crippen LogP contribution in [0.1, 0.15) is 27.0 Å². The predicted molar refractivity (Wildman–Crippen MR) is 84.5 cm³/mol. The van der Waals surface area contributed by atoms with E-state index >= 15 is 0 Å². The molecule has 1 amide bonds. The van der Waals surface area contributed by atoms with Gasteiger partial charge in [0.1, 0.15) is 0 Å². The van der Waals surface area contributed by atoms with Crippen LogP contribution in [0.5, 0.6) is 0 Å². The summed E-state index contributed by atoms with van der Waals surface area (Å²) in [4.78, 5) is 22.7. The van der Waals surface area contributed by atoms with Crippen LogP contribution in [0.2, 0.25) is 0 Å². The van der Waals surface area contributed by atoms with Crippen molar-refractivity contribution in [2.24, 2.45) is 0 Å². The number of anilines is 1. The summed E-state index contributed by atoms with van der Waals surface area (Å²) in [5.41, 5.74) is 3.65. The van der Waals surface area contributed by atoms with Crippen LogP contribution in [0.15, 0.2) is 42.5 Å². The van der Waals surface area contributed by atoms with Crippen LogP contribution in [0.4, 0.5) is 5.69 Å². The lowest BCUT2D eigenvalue weighted by molar-refractivity contribution is -0.105. The van der Waals surface area contributed by atoms with Crippen molar-refractivity contribution in [1.82, 2.24) is 0 Å². The van der Waals surface area contributed by atoms with Gasteiger partial charge in [-0.2, -0.15) is 0 Å². The zero-order chi connectivity index (χ0) is 15.2. The van der Waals surface area contributed by atoms with E-state index in [4.69, 9.17) is 0 Å². The Morgan fingerprint density at radius 3 is 2.57 bits per heavy atom. The van der Waals surface area contributed by atoms with E-state index < -0.39 is 5.97 Å². The Bertz CT molecular complexity index is 656. The van der Waals surface area contributed by atoms with Crippen molar-refractivity contribution in [3.8, 4) is 0 Å². The minimum absolute atomic E-state index is 0.392. The van der Waals surface area contributed by atoms with Gasteiger partial charge in [-0.25, -0.2) is 4.79 Å². The van der Waals surface area contributed by atoms with Gasteiger partial charge >= 0.3 is 5.97 Å². The summed E-state index contributed by atoms with van der Waals surface area (Å²) in [5.74, 6) is -0.543. The highest BCUT2D eigenvalue weighted by molar-refractivity contribution is 7.75. The highest BCUT2D eigenvalue weighted by atomic mass is 32.1. The molecule has 0 saturated heterocycles. The zero-order valence-electron chi connectivity index (χ0n) is 11.5. The second-order valence-electron chi connectivity index (χ2n) is 4.59. The fourth-order valence-corrected chi connectivity index (χ4v) is 2.35. The molecular weight excluding hydrogens is 286 g/mol. The van der Waals surface area contributed by atoms with Gasteiger partial charge in [0.15, 0.2) is 0 Å². The lowest BCUT2D eigenvalue weighted by atomic mass is 9.95. The Kier molecular flexibility index (Phi) is 5.00. The van der Waals surface area contributed by atoms with E-state index in [2.05, 4.69) is 22.4 Å². The number of aryl methyl sites for hydroxylation is 1. The van der Waals surface area contributed by atoms with Gasteiger partial charge in [-0.05, 0) is 29.7 Å². The molecule has 1 N–H and O–H groups in total. The van der Waals surface area contributed by atoms with Crippen LogP contribution in [0.3, 0.4) is 0 Å². The number of hydrogen-bond acceptors (Lipinski definition) is 4. The quantitative estimate of drug-likeness (QED) is 0.507. The summed E-state index contributed by atoms with van der Waals surface area (Å²) in [6, 6.07) is 13.1. The van der Waals surface area contributed by atoms with Crippen LogP contribution in [0.25, 0.3) is 0 Å². The molecule has 2 aromatic carbocycles. The van der Waals surface area contributed by atoms with Crippen molar-refractivity contribution in [3.05, 3.63) is 64.7 Å². The number of thiol groups is 1. The standard InChI is InChI=1S/C16H15NO3S/c1-11-7-8-13(16(19)20-21)14(15(11)17-10-18)9-12-5-3-2-4-6-12/h2-8,10,21H,9H2,1H3,(H,17,18). The molecule has 0 unspecified atom stereocenters. The molecule has 2 rings (SSSR count). The molecular formula is C16H15NO3S.